The SMILES string of the molecule is C[Si](C)(Cl)C(F)(F)C(F)(F)C(F)(F)C(F)(F)C(F)(F)C(F)(F)F. The molecule has 0 radical (unpaired) electrons. The number of rotatable bonds is 5. The standard InChI is InChI=1S/C8H6ClF13Si/c1-23(2,9)8(21,22)6(16,17)4(12,13)3(10,11)5(14,15)7(18,19)20/h1-2H3. The van der Waals surface area contributed by atoms with E-state index in [9.17, 15) is 57.1 Å². The molecule has 0 heterocycles. The first-order chi connectivity index (χ1) is 9.50. The van der Waals surface area contributed by atoms with Crippen LogP contribution >= 0.6 is 11.1 Å². The number of hydrogen-bond donors (Lipinski definition) is 0. The molecule has 0 saturated heterocycles. The molecule has 0 rings (SSSR count). The molecule has 0 aliphatic heterocycles. The lowest BCUT2D eigenvalue weighted by molar-refractivity contribution is -0.434. The van der Waals surface area contributed by atoms with Crippen molar-refractivity contribution >= 4 is 18.5 Å². The summed E-state index contributed by atoms with van der Waals surface area (Å²) in [7, 11) is -5.26. The van der Waals surface area contributed by atoms with Crippen LogP contribution in [0.3, 0.4) is 0 Å². The van der Waals surface area contributed by atoms with E-state index in [-0.39, 0.29) is 13.1 Å². The molecule has 23 heavy (non-hydrogen) atoms. The van der Waals surface area contributed by atoms with E-state index in [4.69, 9.17) is 11.1 Å². The smallest absolute Gasteiger partial charge is 0.203 e. The van der Waals surface area contributed by atoms with Gasteiger partial charge in [0.2, 0.25) is 7.38 Å². The van der Waals surface area contributed by atoms with Crippen molar-refractivity contribution in [2.45, 2.75) is 48.5 Å². The zero-order valence-electron chi connectivity index (χ0n) is 10.8. The Morgan fingerprint density at radius 1 is 0.522 bits per heavy atom. The summed E-state index contributed by atoms with van der Waals surface area (Å²) in [6, 6.07) is 0. The molecule has 0 N–H and O–H groups in total. The van der Waals surface area contributed by atoms with Gasteiger partial charge in [-0.3, -0.25) is 0 Å². The molecule has 0 nitrogen and oxygen atoms in total. The van der Waals surface area contributed by atoms with Crippen molar-refractivity contribution in [2.75, 3.05) is 0 Å². The van der Waals surface area contributed by atoms with Gasteiger partial charge in [0.15, 0.2) is 0 Å². The van der Waals surface area contributed by atoms with E-state index >= 15 is 0 Å². The van der Waals surface area contributed by atoms with Gasteiger partial charge in [-0.25, -0.2) is 8.78 Å². The highest BCUT2D eigenvalue weighted by Gasteiger charge is 2.91. The van der Waals surface area contributed by atoms with Gasteiger partial charge in [0.25, 0.3) is 0 Å². The second kappa shape index (κ2) is 5.30. The molecule has 0 unspecified atom stereocenters. The van der Waals surface area contributed by atoms with Crippen molar-refractivity contribution in [1.82, 2.24) is 0 Å². The molecule has 15 heteroatoms. The van der Waals surface area contributed by atoms with Crippen LogP contribution in [0.2, 0.25) is 13.1 Å². The van der Waals surface area contributed by atoms with E-state index in [2.05, 4.69) is 0 Å². The Hall–Kier alpha value is -0.403. The van der Waals surface area contributed by atoms with Crippen LogP contribution in [0.5, 0.6) is 0 Å². The Bertz CT molecular complexity index is 406. The normalized spacial score (nSPS) is 16.7. The Morgan fingerprint density at radius 3 is 1.00 bits per heavy atom. The molecule has 0 saturated carbocycles. The molecular formula is C8H6ClF13Si. The largest absolute Gasteiger partial charge is 0.460 e. The first-order valence-corrected chi connectivity index (χ1v) is 9.16. The number of hydrogen-bond acceptors (Lipinski definition) is 0. The molecule has 0 amide bonds. The van der Waals surface area contributed by atoms with Crippen LogP contribution in [-0.2, 0) is 0 Å². The second-order valence-corrected chi connectivity index (χ2v) is 11.2. The highest BCUT2D eigenvalue weighted by atomic mass is 35.6. The lowest BCUT2D eigenvalue weighted by Crippen LogP contribution is -2.73. The van der Waals surface area contributed by atoms with Gasteiger partial charge in [-0.15, -0.1) is 0 Å². The van der Waals surface area contributed by atoms with Gasteiger partial charge in [0.05, 0.1) is 0 Å². The Balaban J connectivity index is 6.37. The summed E-state index contributed by atoms with van der Waals surface area (Å²) in [5.74, 6) is -30.6. The summed E-state index contributed by atoms with van der Waals surface area (Å²) in [5.41, 5.74) is -6.14. The summed E-state index contributed by atoms with van der Waals surface area (Å²) in [6.45, 7) is 0.164. The molecule has 0 atom stereocenters. The molecule has 0 fully saturated rings. The highest BCUT2D eigenvalue weighted by Crippen LogP contribution is 2.61. The Kier molecular flexibility index (Phi) is 5.20. The third kappa shape index (κ3) is 2.89. The maximum atomic E-state index is 13.3. The van der Waals surface area contributed by atoms with E-state index in [0.717, 1.165) is 0 Å². The Labute approximate surface area is 125 Å². The van der Waals surface area contributed by atoms with Crippen molar-refractivity contribution in [3.8, 4) is 0 Å². The highest BCUT2D eigenvalue weighted by molar-refractivity contribution is 7.20. The van der Waals surface area contributed by atoms with Gasteiger partial charge in [0, 0.05) is 0 Å². The monoisotopic (exact) mass is 412 g/mol. The first-order valence-electron chi connectivity index (χ1n) is 5.15. The third-order valence-electron chi connectivity index (χ3n) is 2.68. The van der Waals surface area contributed by atoms with Gasteiger partial charge < -0.3 is 0 Å². The van der Waals surface area contributed by atoms with Crippen molar-refractivity contribution in [2.24, 2.45) is 0 Å². The zero-order chi connectivity index (χ0) is 19.5. The predicted molar refractivity (Wildman–Crippen MR) is 54.1 cm³/mol. The van der Waals surface area contributed by atoms with Gasteiger partial charge in [-0.1, -0.05) is 13.1 Å². The quantitative estimate of drug-likeness (QED) is 0.308. The fourth-order valence-corrected chi connectivity index (χ4v) is 2.40. The lowest BCUT2D eigenvalue weighted by Gasteiger charge is -2.42. The van der Waals surface area contributed by atoms with Crippen LogP contribution in [0.4, 0.5) is 57.1 Å². The van der Waals surface area contributed by atoms with Crippen LogP contribution < -0.4 is 0 Å². The first kappa shape index (κ1) is 22.6. The number of alkyl halides is 13. The summed E-state index contributed by atoms with van der Waals surface area (Å²) >= 11 is 4.79. The molecule has 0 aromatic heterocycles. The lowest BCUT2D eigenvalue weighted by atomic mass is 9.98. The minimum Gasteiger partial charge on any atom is -0.203 e. The summed E-state index contributed by atoms with van der Waals surface area (Å²) in [4.78, 5) is 0. The molecule has 0 aliphatic rings. The molecule has 0 aliphatic carbocycles. The van der Waals surface area contributed by atoms with E-state index in [1.54, 1.807) is 0 Å². The Morgan fingerprint density at radius 2 is 0.783 bits per heavy atom. The molecule has 0 bridgehead atoms. The van der Waals surface area contributed by atoms with E-state index in [1.807, 2.05) is 0 Å². The van der Waals surface area contributed by atoms with Crippen molar-refractivity contribution in [1.29, 1.82) is 0 Å². The van der Waals surface area contributed by atoms with Crippen LogP contribution in [0.25, 0.3) is 0 Å². The van der Waals surface area contributed by atoms with Crippen LogP contribution in [0.1, 0.15) is 0 Å². The van der Waals surface area contributed by atoms with Crippen molar-refractivity contribution in [3.63, 3.8) is 0 Å². The predicted octanol–water partition coefficient (Wildman–Crippen LogP) is 5.71. The van der Waals surface area contributed by atoms with Gasteiger partial charge in [-0.05, 0) is 0 Å². The molecule has 140 valence electrons. The van der Waals surface area contributed by atoms with Crippen LogP contribution in [-0.4, -0.2) is 42.8 Å². The van der Waals surface area contributed by atoms with Gasteiger partial charge >= 0.3 is 35.4 Å². The zero-order valence-corrected chi connectivity index (χ0v) is 12.5. The fourth-order valence-electron chi connectivity index (χ4n) is 1.14. The topological polar surface area (TPSA) is 0 Å². The van der Waals surface area contributed by atoms with Gasteiger partial charge in [-0.2, -0.15) is 59.4 Å². The van der Waals surface area contributed by atoms with Crippen molar-refractivity contribution in [3.05, 3.63) is 0 Å². The average molecular weight is 413 g/mol. The maximum absolute atomic E-state index is 13.3. The molecule has 0 spiro atoms. The summed E-state index contributed by atoms with van der Waals surface area (Å²) in [6.07, 6.45) is -7.40. The van der Waals surface area contributed by atoms with Crippen LogP contribution in [0, 0.1) is 0 Å². The third-order valence-corrected chi connectivity index (χ3v) is 5.20. The fraction of sp³-hybridized carbons (Fsp3) is 1.00. The van der Waals surface area contributed by atoms with E-state index < -0.39 is 42.8 Å². The summed E-state index contributed by atoms with van der Waals surface area (Å²) < 4.78 is 165. The van der Waals surface area contributed by atoms with Crippen LogP contribution in [0.15, 0.2) is 0 Å². The second-order valence-electron chi connectivity index (χ2n) is 4.84. The minimum atomic E-state index is -7.87. The summed E-state index contributed by atoms with van der Waals surface area (Å²) in [5, 5.41) is 0. The van der Waals surface area contributed by atoms with Gasteiger partial charge in [0.1, 0.15) is 0 Å². The maximum Gasteiger partial charge on any atom is 0.460 e. The molecule has 0 aromatic rings. The number of halogens is 14. The van der Waals surface area contributed by atoms with Crippen molar-refractivity contribution < 1.29 is 57.1 Å². The van der Waals surface area contributed by atoms with E-state index in [1.165, 1.54) is 0 Å². The van der Waals surface area contributed by atoms with E-state index in [0.29, 0.717) is 0 Å². The molecular weight excluding hydrogens is 407 g/mol. The minimum absolute atomic E-state index is 0.0819. The average Bonchev–Trinajstić information content (AvgIpc) is 2.24. The molecule has 0 aromatic carbocycles.